The van der Waals surface area contributed by atoms with E-state index >= 15 is 0 Å². The molecule has 1 aliphatic heterocycles. The molecule has 1 aliphatic rings. The summed E-state index contributed by atoms with van der Waals surface area (Å²) in [5.41, 5.74) is 1.71. The standard InChI is InChI=1S/C15H16N2O4S/c1-20-12-5-6-14(21-2)15(8-12)22(18,19)17-9-11-4-3-7-16-13(11)10-17/h3-8H,9-10H2,1-2H3. The zero-order valence-corrected chi connectivity index (χ0v) is 13.1. The first kappa shape index (κ1) is 14.8. The van der Waals surface area contributed by atoms with Crippen molar-refractivity contribution in [2.45, 2.75) is 18.0 Å². The number of ether oxygens (including phenoxy) is 2. The largest absolute Gasteiger partial charge is 0.497 e. The average molecular weight is 320 g/mol. The zero-order chi connectivity index (χ0) is 15.7. The summed E-state index contributed by atoms with van der Waals surface area (Å²) < 4.78 is 37.5. The van der Waals surface area contributed by atoms with E-state index in [2.05, 4.69) is 4.98 Å². The first-order chi connectivity index (χ1) is 10.6. The van der Waals surface area contributed by atoms with Gasteiger partial charge in [-0.25, -0.2) is 8.42 Å². The second kappa shape index (κ2) is 5.58. The Balaban J connectivity index is 2.01. The van der Waals surface area contributed by atoms with Crippen LogP contribution in [0.25, 0.3) is 0 Å². The normalized spacial score (nSPS) is 14.6. The summed E-state index contributed by atoms with van der Waals surface area (Å²) in [6.07, 6.45) is 1.67. The second-order valence-electron chi connectivity index (χ2n) is 4.90. The van der Waals surface area contributed by atoms with Gasteiger partial charge >= 0.3 is 0 Å². The maximum atomic E-state index is 12.9. The van der Waals surface area contributed by atoms with E-state index in [-0.39, 0.29) is 11.4 Å². The number of sulfonamides is 1. The van der Waals surface area contributed by atoms with E-state index in [0.29, 0.717) is 18.0 Å². The van der Waals surface area contributed by atoms with Crippen LogP contribution in [-0.2, 0) is 23.1 Å². The van der Waals surface area contributed by atoms with E-state index in [0.717, 1.165) is 11.3 Å². The lowest BCUT2D eigenvalue weighted by Crippen LogP contribution is -2.26. The van der Waals surface area contributed by atoms with Gasteiger partial charge in [0.1, 0.15) is 16.4 Å². The second-order valence-corrected chi connectivity index (χ2v) is 6.81. The molecule has 0 amide bonds. The minimum atomic E-state index is -3.69. The lowest BCUT2D eigenvalue weighted by Gasteiger charge is -2.18. The van der Waals surface area contributed by atoms with E-state index in [1.807, 2.05) is 6.07 Å². The van der Waals surface area contributed by atoms with Crippen molar-refractivity contribution in [1.82, 2.24) is 9.29 Å². The van der Waals surface area contributed by atoms with Crippen molar-refractivity contribution < 1.29 is 17.9 Å². The maximum absolute atomic E-state index is 12.9. The van der Waals surface area contributed by atoms with Gasteiger partial charge in [0, 0.05) is 18.8 Å². The van der Waals surface area contributed by atoms with Crippen molar-refractivity contribution in [1.29, 1.82) is 0 Å². The quantitative estimate of drug-likeness (QED) is 0.859. The highest BCUT2D eigenvalue weighted by atomic mass is 32.2. The summed E-state index contributed by atoms with van der Waals surface area (Å²) in [5.74, 6) is 0.763. The highest BCUT2D eigenvalue weighted by molar-refractivity contribution is 7.89. The molecule has 2 heterocycles. The summed E-state index contributed by atoms with van der Waals surface area (Å²) in [4.78, 5) is 4.33. The van der Waals surface area contributed by atoms with Crippen molar-refractivity contribution in [3.8, 4) is 11.5 Å². The van der Waals surface area contributed by atoms with Crippen LogP contribution in [0, 0.1) is 0 Å². The lowest BCUT2D eigenvalue weighted by molar-refractivity contribution is 0.384. The third kappa shape index (κ3) is 2.42. The maximum Gasteiger partial charge on any atom is 0.247 e. The van der Waals surface area contributed by atoms with Crippen LogP contribution in [0.5, 0.6) is 11.5 Å². The zero-order valence-electron chi connectivity index (χ0n) is 12.3. The summed E-state index contributed by atoms with van der Waals surface area (Å²) in [7, 11) is -0.754. The number of methoxy groups -OCH3 is 2. The minimum Gasteiger partial charge on any atom is -0.497 e. The fourth-order valence-corrected chi connectivity index (χ4v) is 4.02. The topological polar surface area (TPSA) is 68.7 Å². The van der Waals surface area contributed by atoms with Gasteiger partial charge in [-0.15, -0.1) is 0 Å². The Bertz CT molecular complexity index is 780. The monoisotopic (exact) mass is 320 g/mol. The van der Waals surface area contributed by atoms with Crippen LogP contribution >= 0.6 is 0 Å². The predicted octanol–water partition coefficient (Wildman–Crippen LogP) is 1.80. The van der Waals surface area contributed by atoms with Gasteiger partial charge in [0.05, 0.1) is 26.5 Å². The van der Waals surface area contributed by atoms with Gasteiger partial charge in [0.2, 0.25) is 10.0 Å². The molecule has 22 heavy (non-hydrogen) atoms. The van der Waals surface area contributed by atoms with Gasteiger partial charge in [-0.1, -0.05) is 6.07 Å². The Morgan fingerprint density at radius 1 is 1.14 bits per heavy atom. The summed E-state index contributed by atoms with van der Waals surface area (Å²) in [5, 5.41) is 0. The number of aromatic nitrogens is 1. The molecule has 0 bridgehead atoms. The van der Waals surface area contributed by atoms with Gasteiger partial charge in [-0.05, 0) is 23.8 Å². The number of nitrogens with zero attached hydrogens (tertiary/aromatic N) is 2. The van der Waals surface area contributed by atoms with Crippen molar-refractivity contribution in [3.05, 3.63) is 47.8 Å². The lowest BCUT2D eigenvalue weighted by atomic mass is 10.2. The number of pyridine rings is 1. The van der Waals surface area contributed by atoms with E-state index in [1.165, 1.54) is 24.6 Å². The molecule has 2 aromatic rings. The Labute approximate surface area is 129 Å². The number of hydrogen-bond donors (Lipinski definition) is 0. The Kier molecular flexibility index (Phi) is 3.76. The van der Waals surface area contributed by atoms with Gasteiger partial charge in [-0.3, -0.25) is 4.98 Å². The summed E-state index contributed by atoms with van der Waals surface area (Å²) >= 11 is 0. The number of fused-ring (bicyclic) bond motifs is 1. The highest BCUT2D eigenvalue weighted by Gasteiger charge is 2.33. The number of hydrogen-bond acceptors (Lipinski definition) is 5. The van der Waals surface area contributed by atoms with Crippen LogP contribution in [0.2, 0.25) is 0 Å². The first-order valence-corrected chi connectivity index (χ1v) is 8.15. The first-order valence-electron chi connectivity index (χ1n) is 6.71. The third-order valence-electron chi connectivity index (χ3n) is 3.65. The molecule has 0 saturated carbocycles. The molecule has 1 aromatic heterocycles. The smallest absolute Gasteiger partial charge is 0.247 e. The van der Waals surface area contributed by atoms with Crippen LogP contribution < -0.4 is 9.47 Å². The van der Waals surface area contributed by atoms with Gasteiger partial charge in [0.25, 0.3) is 0 Å². The predicted molar refractivity (Wildman–Crippen MR) is 80.2 cm³/mol. The molecule has 0 saturated heterocycles. The van der Waals surface area contributed by atoms with Crippen molar-refractivity contribution in [2.75, 3.05) is 14.2 Å². The molecule has 0 unspecified atom stereocenters. The third-order valence-corrected chi connectivity index (χ3v) is 5.46. The van der Waals surface area contributed by atoms with Crippen LogP contribution in [-0.4, -0.2) is 31.9 Å². The molecule has 0 aliphatic carbocycles. The molecule has 1 aromatic carbocycles. The van der Waals surface area contributed by atoms with Gasteiger partial charge in [-0.2, -0.15) is 4.31 Å². The molecular weight excluding hydrogens is 304 g/mol. The van der Waals surface area contributed by atoms with E-state index in [9.17, 15) is 8.42 Å². The summed E-state index contributed by atoms with van der Waals surface area (Å²) in [6.45, 7) is 0.574. The Hall–Kier alpha value is -2.12. The van der Waals surface area contributed by atoms with Crippen LogP contribution in [0.1, 0.15) is 11.3 Å². The fourth-order valence-electron chi connectivity index (χ4n) is 2.47. The highest BCUT2D eigenvalue weighted by Crippen LogP contribution is 2.34. The Morgan fingerprint density at radius 2 is 1.95 bits per heavy atom. The molecule has 0 fully saturated rings. The van der Waals surface area contributed by atoms with Crippen molar-refractivity contribution >= 4 is 10.0 Å². The van der Waals surface area contributed by atoms with E-state index in [4.69, 9.17) is 9.47 Å². The number of rotatable bonds is 4. The average Bonchev–Trinajstić information content (AvgIpc) is 2.99. The van der Waals surface area contributed by atoms with Crippen LogP contribution in [0.15, 0.2) is 41.4 Å². The van der Waals surface area contributed by atoms with E-state index < -0.39 is 10.0 Å². The Morgan fingerprint density at radius 3 is 2.64 bits per heavy atom. The molecule has 0 spiro atoms. The van der Waals surface area contributed by atoms with Crippen LogP contribution in [0.4, 0.5) is 0 Å². The molecule has 0 N–H and O–H groups in total. The number of benzene rings is 1. The molecule has 6 nitrogen and oxygen atoms in total. The molecule has 116 valence electrons. The van der Waals surface area contributed by atoms with Gasteiger partial charge in [0.15, 0.2) is 0 Å². The van der Waals surface area contributed by atoms with Gasteiger partial charge < -0.3 is 9.47 Å². The minimum absolute atomic E-state index is 0.0992. The fraction of sp³-hybridized carbons (Fsp3) is 0.267. The van der Waals surface area contributed by atoms with Crippen molar-refractivity contribution in [3.63, 3.8) is 0 Å². The van der Waals surface area contributed by atoms with Crippen LogP contribution in [0.3, 0.4) is 0 Å². The van der Waals surface area contributed by atoms with Crippen molar-refractivity contribution in [2.24, 2.45) is 0 Å². The molecule has 3 rings (SSSR count). The van der Waals surface area contributed by atoms with E-state index in [1.54, 1.807) is 24.4 Å². The molecule has 0 atom stereocenters. The summed E-state index contributed by atoms with van der Waals surface area (Å²) in [6, 6.07) is 8.43. The molecular formula is C15H16N2O4S. The SMILES string of the molecule is COc1ccc(OC)c(S(=O)(=O)N2Cc3cccnc3C2)c1. The molecule has 7 heteroatoms. The molecule has 0 radical (unpaired) electrons.